The van der Waals surface area contributed by atoms with Crippen molar-refractivity contribution >= 4 is 23.2 Å². The Morgan fingerprint density at radius 3 is 2.86 bits per heavy atom. The maximum absolute atomic E-state index is 5.85. The number of alkyl halides is 1. The third-order valence-electron chi connectivity index (χ3n) is 1.85. The number of nitrogens with zero attached hydrogens (tertiary/aromatic N) is 3. The second kappa shape index (κ2) is 3.98. The van der Waals surface area contributed by atoms with Crippen LogP contribution in [0.2, 0.25) is 5.02 Å². The third kappa shape index (κ3) is 1.74. The standard InChI is InChI=1S/C9H7Cl2N3/c10-4-7-3-8(11)1-2-9(7)14-6-12-5-13-14/h1-3,5-6H,4H2. The molecule has 0 radical (unpaired) electrons. The number of halogens is 2. The lowest BCUT2D eigenvalue weighted by molar-refractivity contribution is 0.869. The summed E-state index contributed by atoms with van der Waals surface area (Å²) in [5.74, 6) is 0.399. The summed E-state index contributed by atoms with van der Waals surface area (Å²) in [5.41, 5.74) is 1.84. The topological polar surface area (TPSA) is 30.7 Å². The van der Waals surface area contributed by atoms with E-state index in [4.69, 9.17) is 23.2 Å². The Hall–Kier alpha value is -1.06. The first-order valence-corrected chi connectivity index (χ1v) is 4.92. The highest BCUT2D eigenvalue weighted by Gasteiger charge is 2.04. The molecule has 2 rings (SSSR count). The maximum atomic E-state index is 5.85. The van der Waals surface area contributed by atoms with E-state index in [0.717, 1.165) is 11.3 Å². The van der Waals surface area contributed by atoms with Crippen LogP contribution in [0.15, 0.2) is 30.9 Å². The van der Waals surface area contributed by atoms with E-state index in [0.29, 0.717) is 10.9 Å². The van der Waals surface area contributed by atoms with E-state index in [9.17, 15) is 0 Å². The van der Waals surface area contributed by atoms with Crippen molar-refractivity contribution < 1.29 is 0 Å². The van der Waals surface area contributed by atoms with Gasteiger partial charge in [-0.3, -0.25) is 0 Å². The number of hydrogen-bond acceptors (Lipinski definition) is 2. The number of benzene rings is 1. The second-order valence-corrected chi connectivity index (χ2v) is 3.45. The quantitative estimate of drug-likeness (QED) is 0.739. The number of hydrogen-bond donors (Lipinski definition) is 0. The van der Waals surface area contributed by atoms with Crippen molar-refractivity contribution in [1.29, 1.82) is 0 Å². The van der Waals surface area contributed by atoms with Crippen molar-refractivity contribution in [2.24, 2.45) is 0 Å². The van der Waals surface area contributed by atoms with Crippen LogP contribution in [0, 0.1) is 0 Å². The van der Waals surface area contributed by atoms with Gasteiger partial charge in [-0.05, 0) is 23.8 Å². The molecule has 0 amide bonds. The first-order chi connectivity index (χ1) is 6.81. The highest BCUT2D eigenvalue weighted by atomic mass is 35.5. The van der Waals surface area contributed by atoms with Crippen LogP contribution in [-0.2, 0) is 5.88 Å². The van der Waals surface area contributed by atoms with Gasteiger partial charge in [0.05, 0.1) is 5.69 Å². The van der Waals surface area contributed by atoms with Crippen molar-refractivity contribution in [3.05, 3.63) is 41.4 Å². The van der Waals surface area contributed by atoms with Gasteiger partial charge in [-0.15, -0.1) is 11.6 Å². The van der Waals surface area contributed by atoms with Gasteiger partial charge in [-0.25, -0.2) is 9.67 Å². The average molecular weight is 228 g/mol. The van der Waals surface area contributed by atoms with Crippen LogP contribution < -0.4 is 0 Å². The molecular formula is C9H7Cl2N3. The Morgan fingerprint density at radius 2 is 2.21 bits per heavy atom. The van der Waals surface area contributed by atoms with E-state index in [-0.39, 0.29) is 0 Å². The van der Waals surface area contributed by atoms with Gasteiger partial charge >= 0.3 is 0 Å². The van der Waals surface area contributed by atoms with Gasteiger partial charge < -0.3 is 0 Å². The monoisotopic (exact) mass is 227 g/mol. The molecule has 3 nitrogen and oxygen atoms in total. The SMILES string of the molecule is ClCc1cc(Cl)ccc1-n1cncn1. The molecule has 1 aromatic heterocycles. The molecule has 0 atom stereocenters. The van der Waals surface area contributed by atoms with Gasteiger partial charge in [-0.2, -0.15) is 5.10 Å². The fourth-order valence-corrected chi connectivity index (χ4v) is 1.63. The third-order valence-corrected chi connectivity index (χ3v) is 2.37. The van der Waals surface area contributed by atoms with Gasteiger partial charge in [0.15, 0.2) is 0 Å². The normalized spacial score (nSPS) is 10.4. The Balaban J connectivity index is 2.53. The Bertz CT molecular complexity index is 426. The molecule has 0 unspecified atom stereocenters. The van der Waals surface area contributed by atoms with Crippen LogP contribution in [0.5, 0.6) is 0 Å². The largest absolute Gasteiger partial charge is 0.223 e. The van der Waals surface area contributed by atoms with Crippen molar-refractivity contribution in [2.45, 2.75) is 5.88 Å². The minimum atomic E-state index is 0.399. The fourth-order valence-electron chi connectivity index (χ4n) is 1.22. The molecule has 0 aliphatic rings. The van der Waals surface area contributed by atoms with Gasteiger partial charge in [-0.1, -0.05) is 11.6 Å². The predicted octanol–water partition coefficient (Wildman–Crippen LogP) is 2.66. The molecule has 0 spiro atoms. The van der Waals surface area contributed by atoms with Crippen molar-refractivity contribution in [2.75, 3.05) is 0 Å². The molecule has 1 aromatic carbocycles. The van der Waals surface area contributed by atoms with Crippen molar-refractivity contribution in [1.82, 2.24) is 14.8 Å². The summed E-state index contributed by atoms with van der Waals surface area (Å²) in [6.07, 6.45) is 3.10. The summed E-state index contributed by atoms with van der Waals surface area (Å²) < 4.78 is 1.66. The molecule has 0 saturated heterocycles. The van der Waals surface area contributed by atoms with Crippen molar-refractivity contribution in [3.8, 4) is 5.69 Å². The van der Waals surface area contributed by atoms with E-state index in [1.54, 1.807) is 17.1 Å². The van der Waals surface area contributed by atoms with E-state index < -0.39 is 0 Å². The van der Waals surface area contributed by atoms with E-state index in [1.165, 1.54) is 6.33 Å². The van der Waals surface area contributed by atoms with Crippen LogP contribution in [0.3, 0.4) is 0 Å². The summed E-state index contributed by atoms with van der Waals surface area (Å²) in [6, 6.07) is 5.49. The average Bonchev–Trinajstić information content (AvgIpc) is 2.70. The summed E-state index contributed by atoms with van der Waals surface area (Å²) in [6.45, 7) is 0. The molecule has 0 bridgehead atoms. The van der Waals surface area contributed by atoms with Crippen LogP contribution in [0.1, 0.15) is 5.56 Å². The Morgan fingerprint density at radius 1 is 1.36 bits per heavy atom. The first kappa shape index (κ1) is 9.49. The highest BCUT2D eigenvalue weighted by molar-refractivity contribution is 6.30. The Labute approximate surface area is 91.3 Å². The van der Waals surface area contributed by atoms with E-state index in [2.05, 4.69) is 10.1 Å². The van der Waals surface area contributed by atoms with E-state index in [1.807, 2.05) is 12.1 Å². The van der Waals surface area contributed by atoms with Crippen LogP contribution in [-0.4, -0.2) is 14.8 Å². The molecule has 0 aliphatic carbocycles. The molecule has 0 N–H and O–H groups in total. The first-order valence-electron chi connectivity index (χ1n) is 4.00. The lowest BCUT2D eigenvalue weighted by atomic mass is 10.2. The summed E-state index contributed by atoms with van der Waals surface area (Å²) >= 11 is 11.7. The summed E-state index contributed by atoms with van der Waals surface area (Å²) in [5, 5.41) is 4.70. The second-order valence-electron chi connectivity index (χ2n) is 2.75. The molecule has 1 heterocycles. The predicted molar refractivity (Wildman–Crippen MR) is 55.9 cm³/mol. The molecule has 0 aliphatic heterocycles. The zero-order valence-corrected chi connectivity index (χ0v) is 8.70. The molecule has 14 heavy (non-hydrogen) atoms. The lowest BCUT2D eigenvalue weighted by Gasteiger charge is -2.06. The zero-order valence-electron chi connectivity index (χ0n) is 7.19. The summed E-state index contributed by atoms with van der Waals surface area (Å²) in [7, 11) is 0. The van der Waals surface area contributed by atoms with Crippen LogP contribution in [0.25, 0.3) is 5.69 Å². The van der Waals surface area contributed by atoms with Gasteiger partial charge in [0.1, 0.15) is 12.7 Å². The van der Waals surface area contributed by atoms with Crippen molar-refractivity contribution in [3.63, 3.8) is 0 Å². The molecule has 5 heteroatoms. The molecule has 2 aromatic rings. The fraction of sp³-hybridized carbons (Fsp3) is 0.111. The van der Waals surface area contributed by atoms with Crippen LogP contribution >= 0.6 is 23.2 Å². The highest BCUT2D eigenvalue weighted by Crippen LogP contribution is 2.20. The molecular weight excluding hydrogens is 221 g/mol. The number of aromatic nitrogens is 3. The molecule has 72 valence electrons. The van der Waals surface area contributed by atoms with Crippen LogP contribution in [0.4, 0.5) is 0 Å². The molecule has 0 saturated carbocycles. The maximum Gasteiger partial charge on any atom is 0.138 e. The minimum absolute atomic E-state index is 0.399. The molecule has 0 fully saturated rings. The Kier molecular flexibility index (Phi) is 2.70. The van der Waals surface area contributed by atoms with Gasteiger partial charge in [0.2, 0.25) is 0 Å². The van der Waals surface area contributed by atoms with Gasteiger partial charge in [0, 0.05) is 10.9 Å². The number of rotatable bonds is 2. The summed E-state index contributed by atoms with van der Waals surface area (Å²) in [4.78, 5) is 3.87. The minimum Gasteiger partial charge on any atom is -0.223 e. The van der Waals surface area contributed by atoms with E-state index >= 15 is 0 Å². The lowest BCUT2D eigenvalue weighted by Crippen LogP contribution is -1.98. The van der Waals surface area contributed by atoms with Gasteiger partial charge in [0.25, 0.3) is 0 Å². The smallest absolute Gasteiger partial charge is 0.138 e. The zero-order chi connectivity index (χ0) is 9.97.